The van der Waals surface area contributed by atoms with E-state index in [4.69, 9.17) is 0 Å². The van der Waals surface area contributed by atoms with Crippen molar-refractivity contribution in [3.8, 4) is 0 Å². The number of nitrogens with zero attached hydrogens (tertiary/aromatic N) is 1. The van der Waals surface area contributed by atoms with Gasteiger partial charge in [-0.1, -0.05) is 18.2 Å². The molecule has 0 fully saturated rings. The highest BCUT2D eigenvalue weighted by molar-refractivity contribution is 5.89. The Morgan fingerprint density at radius 3 is 2.29 bits per heavy atom. The van der Waals surface area contributed by atoms with E-state index in [0.29, 0.717) is 11.3 Å². The molecule has 1 rings (SSSR count). The minimum absolute atomic E-state index is 0.0470. The van der Waals surface area contributed by atoms with Crippen molar-refractivity contribution in [2.24, 2.45) is 0 Å². The molecule has 6 nitrogen and oxygen atoms in total. The van der Waals surface area contributed by atoms with Gasteiger partial charge in [0.2, 0.25) is 0 Å². The summed E-state index contributed by atoms with van der Waals surface area (Å²) in [4.78, 5) is 23.1. The molecule has 0 heterocycles. The minimum Gasteiger partial charge on any atom is -0.469 e. The first-order chi connectivity index (χ1) is 9.99. The van der Waals surface area contributed by atoms with Gasteiger partial charge in [0.15, 0.2) is 0 Å². The summed E-state index contributed by atoms with van der Waals surface area (Å²) in [6.45, 7) is 1.59. The fraction of sp³-hybridized carbons (Fsp3) is 0.333. The van der Waals surface area contributed by atoms with E-state index in [2.05, 4.69) is 14.9 Å². The monoisotopic (exact) mass is 292 g/mol. The molecule has 0 aliphatic heterocycles. The van der Waals surface area contributed by atoms with Crippen LogP contribution in [0.4, 0.5) is 5.69 Å². The third-order valence-corrected chi connectivity index (χ3v) is 2.94. The molecule has 0 unspecified atom stereocenters. The zero-order valence-electron chi connectivity index (χ0n) is 12.7. The summed E-state index contributed by atoms with van der Waals surface area (Å²) in [5.41, 5.74) is 4.67. The average molecular weight is 292 g/mol. The smallest absolute Gasteiger partial charge is 0.335 e. The Bertz CT molecular complexity index is 526. The lowest BCUT2D eigenvalue weighted by Gasteiger charge is -2.24. The van der Waals surface area contributed by atoms with Crippen LogP contribution in [0.2, 0.25) is 0 Å². The third-order valence-electron chi connectivity index (χ3n) is 2.94. The molecule has 1 N–H and O–H groups in total. The van der Waals surface area contributed by atoms with Crippen molar-refractivity contribution >= 4 is 17.6 Å². The number of rotatable bonds is 6. The van der Waals surface area contributed by atoms with Gasteiger partial charge in [-0.05, 0) is 19.1 Å². The molecule has 0 aliphatic rings. The summed E-state index contributed by atoms with van der Waals surface area (Å²) in [5, 5.41) is 1.71. The summed E-state index contributed by atoms with van der Waals surface area (Å²) >= 11 is 0. The zero-order chi connectivity index (χ0) is 15.8. The third kappa shape index (κ3) is 4.83. The molecular weight excluding hydrogens is 272 g/mol. The van der Waals surface area contributed by atoms with Crippen LogP contribution in [0, 0.1) is 0 Å². The van der Waals surface area contributed by atoms with Crippen LogP contribution in [0.3, 0.4) is 0 Å². The van der Waals surface area contributed by atoms with Crippen molar-refractivity contribution < 1.29 is 19.1 Å². The van der Waals surface area contributed by atoms with E-state index in [1.807, 2.05) is 30.3 Å². The first-order valence-corrected chi connectivity index (χ1v) is 6.40. The van der Waals surface area contributed by atoms with Crippen LogP contribution in [0.25, 0.3) is 0 Å². The number of benzene rings is 1. The number of hydrogen-bond acceptors (Lipinski definition) is 6. The second-order valence-electron chi connectivity index (χ2n) is 4.35. The van der Waals surface area contributed by atoms with Gasteiger partial charge in [0.25, 0.3) is 0 Å². The SMILES string of the molecule is COC(=O)C/C(NN(C)c1ccccc1)=C(/C)C(=O)OC. The van der Waals surface area contributed by atoms with Gasteiger partial charge in [0.1, 0.15) is 0 Å². The van der Waals surface area contributed by atoms with Crippen molar-refractivity contribution in [3.63, 3.8) is 0 Å². The van der Waals surface area contributed by atoms with Gasteiger partial charge in [-0.3, -0.25) is 9.80 Å². The molecule has 0 saturated heterocycles. The molecule has 6 heteroatoms. The van der Waals surface area contributed by atoms with Crippen molar-refractivity contribution in [2.75, 3.05) is 26.3 Å². The van der Waals surface area contributed by atoms with Crippen molar-refractivity contribution in [1.29, 1.82) is 0 Å². The van der Waals surface area contributed by atoms with Gasteiger partial charge in [-0.2, -0.15) is 0 Å². The maximum absolute atomic E-state index is 11.7. The van der Waals surface area contributed by atoms with E-state index in [1.165, 1.54) is 14.2 Å². The lowest BCUT2D eigenvalue weighted by Crippen LogP contribution is -2.36. The molecule has 0 bridgehead atoms. The molecule has 114 valence electrons. The van der Waals surface area contributed by atoms with E-state index in [-0.39, 0.29) is 6.42 Å². The van der Waals surface area contributed by atoms with Crippen LogP contribution < -0.4 is 10.4 Å². The first-order valence-electron chi connectivity index (χ1n) is 6.40. The van der Waals surface area contributed by atoms with E-state index in [0.717, 1.165) is 5.69 Å². The van der Waals surface area contributed by atoms with Crippen LogP contribution in [0.15, 0.2) is 41.6 Å². The molecule has 0 atom stereocenters. The predicted octanol–water partition coefficient (Wildman–Crippen LogP) is 1.64. The van der Waals surface area contributed by atoms with Gasteiger partial charge in [-0.15, -0.1) is 0 Å². The van der Waals surface area contributed by atoms with Crippen molar-refractivity contribution in [1.82, 2.24) is 5.43 Å². The van der Waals surface area contributed by atoms with Gasteiger partial charge < -0.3 is 14.9 Å². The summed E-state index contributed by atoms with van der Waals surface area (Å²) in [6.07, 6.45) is -0.0470. The van der Waals surface area contributed by atoms with Crippen LogP contribution in [-0.4, -0.2) is 33.2 Å². The number of anilines is 1. The van der Waals surface area contributed by atoms with E-state index in [1.54, 1.807) is 19.0 Å². The number of methoxy groups -OCH3 is 2. The number of hydrazine groups is 1. The fourth-order valence-corrected chi connectivity index (χ4v) is 1.67. The standard InChI is InChI=1S/C15H20N2O4/c1-11(15(19)21-4)13(10-14(18)20-3)16-17(2)12-8-6-5-7-9-12/h5-9,16H,10H2,1-4H3/b13-11+. The van der Waals surface area contributed by atoms with Gasteiger partial charge in [-0.25, -0.2) is 4.79 Å². The van der Waals surface area contributed by atoms with E-state index >= 15 is 0 Å². The second kappa shape index (κ2) is 7.94. The van der Waals surface area contributed by atoms with Crippen LogP contribution in [0.1, 0.15) is 13.3 Å². The van der Waals surface area contributed by atoms with E-state index < -0.39 is 11.9 Å². The largest absolute Gasteiger partial charge is 0.469 e. The predicted molar refractivity (Wildman–Crippen MR) is 79.3 cm³/mol. The number of nitrogens with one attached hydrogen (secondary N) is 1. The van der Waals surface area contributed by atoms with E-state index in [9.17, 15) is 9.59 Å². The molecule has 21 heavy (non-hydrogen) atoms. The summed E-state index contributed by atoms with van der Waals surface area (Å²) in [5.74, 6) is -0.940. The van der Waals surface area contributed by atoms with Crippen molar-refractivity contribution in [3.05, 3.63) is 41.6 Å². The maximum atomic E-state index is 11.7. The summed E-state index contributed by atoms with van der Waals surface area (Å²) < 4.78 is 9.34. The number of esters is 2. The normalized spacial score (nSPS) is 11.2. The minimum atomic E-state index is -0.497. The van der Waals surface area contributed by atoms with Crippen LogP contribution in [0.5, 0.6) is 0 Å². The summed E-state index contributed by atoms with van der Waals surface area (Å²) in [7, 11) is 4.38. The number of para-hydroxylation sites is 1. The molecule has 0 radical (unpaired) electrons. The molecule has 0 aromatic heterocycles. The maximum Gasteiger partial charge on any atom is 0.335 e. The molecule has 1 aromatic carbocycles. The zero-order valence-corrected chi connectivity index (χ0v) is 12.7. The lowest BCUT2D eigenvalue weighted by molar-refractivity contribution is -0.139. The molecule has 0 aliphatic carbocycles. The Kier molecular flexibility index (Phi) is 6.26. The quantitative estimate of drug-likeness (QED) is 0.488. The average Bonchev–Trinajstić information content (AvgIpc) is 2.53. The Morgan fingerprint density at radius 2 is 1.76 bits per heavy atom. The van der Waals surface area contributed by atoms with Gasteiger partial charge in [0.05, 0.1) is 37.6 Å². The topological polar surface area (TPSA) is 67.9 Å². The van der Waals surface area contributed by atoms with Gasteiger partial charge in [0, 0.05) is 7.05 Å². The van der Waals surface area contributed by atoms with Gasteiger partial charge >= 0.3 is 11.9 Å². The summed E-state index contributed by atoms with van der Waals surface area (Å²) in [6, 6.07) is 9.49. The number of ether oxygens (including phenoxy) is 2. The molecular formula is C15H20N2O4. The molecule has 0 saturated carbocycles. The molecule has 0 amide bonds. The lowest BCUT2D eigenvalue weighted by atomic mass is 10.2. The Hall–Kier alpha value is -2.50. The number of hydrogen-bond donors (Lipinski definition) is 1. The van der Waals surface area contributed by atoms with Crippen LogP contribution >= 0.6 is 0 Å². The Labute approximate surface area is 124 Å². The highest BCUT2D eigenvalue weighted by Gasteiger charge is 2.16. The Morgan fingerprint density at radius 1 is 1.14 bits per heavy atom. The van der Waals surface area contributed by atoms with Crippen LogP contribution in [-0.2, 0) is 19.1 Å². The highest BCUT2D eigenvalue weighted by atomic mass is 16.5. The second-order valence-corrected chi connectivity index (χ2v) is 4.35. The number of carbonyl (C=O) groups excluding carboxylic acids is 2. The number of carbonyl (C=O) groups is 2. The molecule has 0 spiro atoms. The Balaban J connectivity index is 2.97. The molecule has 1 aromatic rings. The van der Waals surface area contributed by atoms with Crippen molar-refractivity contribution in [2.45, 2.75) is 13.3 Å². The highest BCUT2D eigenvalue weighted by Crippen LogP contribution is 2.14. The fourth-order valence-electron chi connectivity index (χ4n) is 1.67. The first kappa shape index (κ1) is 16.6.